The van der Waals surface area contributed by atoms with Gasteiger partial charge < -0.3 is 10.1 Å². The molecule has 5 nitrogen and oxygen atoms in total. The van der Waals surface area contributed by atoms with Crippen molar-refractivity contribution in [2.45, 2.75) is 25.6 Å². The molecule has 0 saturated carbocycles. The number of hydrogen-bond donors (Lipinski definition) is 1. The van der Waals surface area contributed by atoms with Crippen molar-refractivity contribution < 1.29 is 14.3 Å². The molecule has 0 unspecified atom stereocenters. The van der Waals surface area contributed by atoms with E-state index in [0.717, 1.165) is 29.1 Å². The van der Waals surface area contributed by atoms with Crippen LogP contribution in [-0.2, 0) is 11.2 Å². The molecule has 0 bridgehead atoms. The molecule has 1 aliphatic rings. The summed E-state index contributed by atoms with van der Waals surface area (Å²) in [5.74, 6) is 1.17. The number of aryl methyl sites for hydroxylation is 1. The largest absolute Gasteiger partial charge is 0.494 e. The van der Waals surface area contributed by atoms with Gasteiger partial charge in [0.25, 0.3) is 5.91 Å². The first-order valence-electron chi connectivity index (χ1n) is 10.8. The first kappa shape index (κ1) is 22.0. The molecule has 1 N–H and O–H groups in total. The van der Waals surface area contributed by atoms with Gasteiger partial charge in [-0.2, -0.15) is 0 Å². The first-order valence-corrected chi connectivity index (χ1v) is 11.8. The number of anilines is 2. The number of thioether (sulfide) groups is 1. The van der Waals surface area contributed by atoms with Gasteiger partial charge in [0.05, 0.1) is 12.4 Å². The highest BCUT2D eigenvalue weighted by Crippen LogP contribution is 2.42. The fraction of sp³-hybridized carbons (Fsp3) is 0.231. The molecule has 4 rings (SSSR count). The highest BCUT2D eigenvalue weighted by Gasteiger charge is 2.34. The average molecular weight is 447 g/mol. The molecular weight excluding hydrogens is 420 g/mol. The SMILES string of the molecule is CCOc1ccc(N2C(=O)CS[C@H]2c2ccc(NC(=O)c3ccc(CC)cc3)cc2)cc1. The molecule has 0 aliphatic carbocycles. The van der Waals surface area contributed by atoms with Gasteiger partial charge in [0, 0.05) is 16.9 Å². The summed E-state index contributed by atoms with van der Waals surface area (Å²) in [6, 6.07) is 22.9. The molecule has 6 heteroatoms. The highest BCUT2D eigenvalue weighted by molar-refractivity contribution is 8.00. The minimum atomic E-state index is -0.137. The molecule has 3 aromatic rings. The zero-order valence-corrected chi connectivity index (χ0v) is 19.0. The van der Waals surface area contributed by atoms with Crippen LogP contribution in [0.2, 0.25) is 0 Å². The number of carbonyl (C=O) groups is 2. The first-order chi connectivity index (χ1) is 15.6. The van der Waals surface area contributed by atoms with Crippen molar-refractivity contribution in [1.29, 1.82) is 0 Å². The summed E-state index contributed by atoms with van der Waals surface area (Å²) < 4.78 is 5.51. The molecule has 1 saturated heterocycles. The highest BCUT2D eigenvalue weighted by atomic mass is 32.2. The molecule has 164 valence electrons. The van der Waals surface area contributed by atoms with Crippen molar-refractivity contribution in [3.63, 3.8) is 0 Å². The third-order valence-corrected chi connectivity index (χ3v) is 6.58. The molecule has 3 aromatic carbocycles. The van der Waals surface area contributed by atoms with E-state index in [1.165, 1.54) is 5.56 Å². The van der Waals surface area contributed by atoms with Gasteiger partial charge in [-0.3, -0.25) is 14.5 Å². The van der Waals surface area contributed by atoms with Gasteiger partial charge in [0.1, 0.15) is 11.1 Å². The molecule has 1 heterocycles. The summed E-state index contributed by atoms with van der Waals surface area (Å²) in [5.41, 5.74) is 4.41. The molecule has 0 spiro atoms. The van der Waals surface area contributed by atoms with Gasteiger partial charge >= 0.3 is 0 Å². The lowest BCUT2D eigenvalue weighted by molar-refractivity contribution is -0.115. The van der Waals surface area contributed by atoms with Crippen LogP contribution in [0.4, 0.5) is 11.4 Å². The van der Waals surface area contributed by atoms with E-state index in [2.05, 4.69) is 12.2 Å². The minimum absolute atomic E-state index is 0.0806. The quantitative estimate of drug-likeness (QED) is 0.507. The second-order valence-electron chi connectivity index (χ2n) is 7.48. The molecule has 1 aliphatic heterocycles. The van der Waals surface area contributed by atoms with Gasteiger partial charge in [-0.05, 0) is 73.0 Å². The van der Waals surface area contributed by atoms with Crippen LogP contribution in [0.5, 0.6) is 5.75 Å². The van der Waals surface area contributed by atoms with Gasteiger partial charge in [-0.1, -0.05) is 31.2 Å². The Morgan fingerprint density at radius 2 is 1.69 bits per heavy atom. The maximum absolute atomic E-state index is 12.6. The average Bonchev–Trinajstić information content (AvgIpc) is 3.21. The summed E-state index contributed by atoms with van der Waals surface area (Å²) in [7, 11) is 0. The molecule has 1 fully saturated rings. The molecule has 2 amide bonds. The van der Waals surface area contributed by atoms with Crippen LogP contribution < -0.4 is 15.0 Å². The van der Waals surface area contributed by atoms with E-state index in [9.17, 15) is 9.59 Å². The predicted molar refractivity (Wildman–Crippen MR) is 131 cm³/mol. The molecule has 1 atom stereocenters. The van der Waals surface area contributed by atoms with Crippen molar-refractivity contribution in [1.82, 2.24) is 0 Å². The van der Waals surface area contributed by atoms with Crippen LogP contribution >= 0.6 is 11.8 Å². The third kappa shape index (κ3) is 4.81. The van der Waals surface area contributed by atoms with E-state index in [-0.39, 0.29) is 17.2 Å². The number of ether oxygens (including phenoxy) is 1. The summed E-state index contributed by atoms with van der Waals surface area (Å²) in [4.78, 5) is 27.0. The number of rotatable bonds is 7. The van der Waals surface area contributed by atoms with Crippen molar-refractivity contribution >= 4 is 35.0 Å². The normalized spacial score (nSPS) is 15.6. The smallest absolute Gasteiger partial charge is 0.255 e. The van der Waals surface area contributed by atoms with Gasteiger partial charge in [-0.25, -0.2) is 0 Å². The van der Waals surface area contributed by atoms with Crippen LogP contribution in [0.1, 0.15) is 40.7 Å². The summed E-state index contributed by atoms with van der Waals surface area (Å²) >= 11 is 1.60. The lowest BCUT2D eigenvalue weighted by Gasteiger charge is -2.24. The zero-order valence-electron chi connectivity index (χ0n) is 18.2. The van der Waals surface area contributed by atoms with Crippen LogP contribution in [-0.4, -0.2) is 24.2 Å². The Morgan fingerprint density at radius 1 is 1.00 bits per heavy atom. The molecular formula is C26H26N2O3S. The summed E-state index contributed by atoms with van der Waals surface area (Å²) in [6.07, 6.45) is 0.943. The van der Waals surface area contributed by atoms with Crippen LogP contribution in [0.3, 0.4) is 0 Å². The standard InChI is InChI=1S/C26H26N2O3S/c1-3-18-5-7-19(8-6-18)25(30)27-21-11-9-20(10-12-21)26-28(24(29)17-32-26)22-13-15-23(16-14-22)31-4-2/h5-16,26H,3-4,17H2,1-2H3,(H,27,30)/t26-/m0/s1. The third-order valence-electron chi connectivity index (χ3n) is 5.37. The number of benzene rings is 3. The Balaban J connectivity index is 1.47. The van der Waals surface area contributed by atoms with Crippen LogP contribution in [0.15, 0.2) is 72.8 Å². The Bertz CT molecular complexity index is 1080. The van der Waals surface area contributed by atoms with Crippen molar-refractivity contribution in [2.24, 2.45) is 0 Å². The fourth-order valence-corrected chi connectivity index (χ4v) is 4.82. The van der Waals surface area contributed by atoms with E-state index in [4.69, 9.17) is 4.74 Å². The Hall–Kier alpha value is -3.25. The summed E-state index contributed by atoms with van der Waals surface area (Å²) in [5, 5.41) is 2.84. The lowest BCUT2D eigenvalue weighted by Crippen LogP contribution is -2.27. The zero-order chi connectivity index (χ0) is 22.5. The van der Waals surface area contributed by atoms with E-state index in [1.54, 1.807) is 11.8 Å². The van der Waals surface area contributed by atoms with E-state index in [0.29, 0.717) is 17.9 Å². The lowest BCUT2D eigenvalue weighted by atomic mass is 10.1. The maximum Gasteiger partial charge on any atom is 0.255 e. The van der Waals surface area contributed by atoms with Crippen LogP contribution in [0.25, 0.3) is 0 Å². The molecule has 0 radical (unpaired) electrons. The van der Waals surface area contributed by atoms with E-state index >= 15 is 0 Å². The fourth-order valence-electron chi connectivity index (χ4n) is 3.65. The second-order valence-corrected chi connectivity index (χ2v) is 8.55. The van der Waals surface area contributed by atoms with Crippen molar-refractivity contribution in [2.75, 3.05) is 22.6 Å². The van der Waals surface area contributed by atoms with E-state index in [1.807, 2.05) is 84.6 Å². The van der Waals surface area contributed by atoms with Crippen molar-refractivity contribution in [3.05, 3.63) is 89.5 Å². The van der Waals surface area contributed by atoms with Gasteiger partial charge in [-0.15, -0.1) is 11.8 Å². The Morgan fingerprint density at radius 3 is 2.31 bits per heavy atom. The Kier molecular flexibility index (Phi) is 6.81. The van der Waals surface area contributed by atoms with Gasteiger partial charge in [0.15, 0.2) is 0 Å². The minimum Gasteiger partial charge on any atom is -0.494 e. The number of nitrogens with one attached hydrogen (secondary N) is 1. The van der Waals surface area contributed by atoms with E-state index < -0.39 is 0 Å². The predicted octanol–water partition coefficient (Wildman–Crippen LogP) is 5.68. The monoisotopic (exact) mass is 446 g/mol. The number of carbonyl (C=O) groups excluding carboxylic acids is 2. The topological polar surface area (TPSA) is 58.6 Å². The van der Waals surface area contributed by atoms with Gasteiger partial charge in [0.2, 0.25) is 5.91 Å². The van der Waals surface area contributed by atoms with Crippen molar-refractivity contribution in [3.8, 4) is 5.75 Å². The second kappa shape index (κ2) is 9.92. The number of nitrogens with zero attached hydrogens (tertiary/aromatic N) is 1. The maximum atomic E-state index is 12.6. The van der Waals surface area contributed by atoms with Crippen LogP contribution in [0, 0.1) is 0 Å². The Labute approximate surface area is 192 Å². The number of hydrogen-bond acceptors (Lipinski definition) is 4. The molecule has 32 heavy (non-hydrogen) atoms. The number of amides is 2. The summed E-state index contributed by atoms with van der Waals surface area (Å²) in [6.45, 7) is 4.63. The molecule has 0 aromatic heterocycles.